The van der Waals surface area contributed by atoms with Crippen molar-refractivity contribution in [2.75, 3.05) is 0 Å². The smallest absolute Gasteiger partial charge is 0.138 e. The van der Waals surface area contributed by atoms with Crippen LogP contribution in [0.5, 0.6) is 0 Å². The SMILES string of the molecule is c1cc(-c2c3ccccc3c(-c3ccc4ccccc4c3)c3ccccc23)nc(-n2c3ccccc3c3cnccc32)c1. The lowest BCUT2D eigenvalue weighted by Gasteiger charge is -2.18. The van der Waals surface area contributed by atoms with Crippen molar-refractivity contribution in [3.8, 4) is 28.2 Å². The van der Waals surface area contributed by atoms with Gasteiger partial charge in [0, 0.05) is 28.7 Å². The topological polar surface area (TPSA) is 30.7 Å². The summed E-state index contributed by atoms with van der Waals surface area (Å²) in [4.78, 5) is 9.79. The summed E-state index contributed by atoms with van der Waals surface area (Å²) < 4.78 is 2.25. The van der Waals surface area contributed by atoms with E-state index in [9.17, 15) is 0 Å². The Morgan fingerprint density at radius 3 is 1.84 bits per heavy atom. The van der Waals surface area contributed by atoms with Crippen LogP contribution in [-0.2, 0) is 0 Å². The monoisotopic (exact) mass is 547 g/mol. The van der Waals surface area contributed by atoms with Gasteiger partial charge in [0.05, 0.1) is 16.7 Å². The third kappa shape index (κ3) is 3.62. The number of rotatable bonds is 3. The van der Waals surface area contributed by atoms with Crippen LogP contribution >= 0.6 is 0 Å². The molecule has 43 heavy (non-hydrogen) atoms. The summed E-state index contributed by atoms with van der Waals surface area (Å²) in [5, 5.41) is 9.63. The predicted molar refractivity (Wildman–Crippen MR) is 180 cm³/mol. The standard InChI is InChI=1S/C40H25N3/c1-2-11-27-24-28(21-20-26(27)10-1)39-30-13-3-5-15-32(30)40(33-16-6-4-14-31(33)39)35-17-9-19-38(42-35)43-36-18-8-7-12-29(36)34-25-41-23-22-37(34)43/h1-25H. The van der Waals surface area contributed by atoms with Gasteiger partial charge in [0.15, 0.2) is 0 Å². The van der Waals surface area contributed by atoms with E-state index in [0.29, 0.717) is 0 Å². The molecule has 0 bridgehead atoms. The molecule has 3 heterocycles. The van der Waals surface area contributed by atoms with Crippen LogP contribution in [0.4, 0.5) is 0 Å². The minimum absolute atomic E-state index is 0.890. The van der Waals surface area contributed by atoms with Crippen LogP contribution in [0, 0.1) is 0 Å². The van der Waals surface area contributed by atoms with Crippen molar-refractivity contribution in [2.45, 2.75) is 0 Å². The van der Waals surface area contributed by atoms with Gasteiger partial charge in [-0.2, -0.15) is 0 Å². The average Bonchev–Trinajstić information content (AvgIpc) is 3.41. The molecule has 200 valence electrons. The number of pyridine rings is 2. The fraction of sp³-hybridized carbons (Fsp3) is 0. The quantitative estimate of drug-likeness (QED) is 0.206. The summed E-state index contributed by atoms with van der Waals surface area (Å²) in [5.74, 6) is 0.890. The largest absolute Gasteiger partial charge is 0.294 e. The molecule has 6 aromatic carbocycles. The van der Waals surface area contributed by atoms with Crippen molar-refractivity contribution in [3.63, 3.8) is 0 Å². The Kier molecular flexibility index (Phi) is 5.20. The highest BCUT2D eigenvalue weighted by Crippen LogP contribution is 2.44. The van der Waals surface area contributed by atoms with E-state index in [1.165, 1.54) is 48.8 Å². The molecular weight excluding hydrogens is 522 g/mol. The summed E-state index contributed by atoms with van der Waals surface area (Å²) in [6.07, 6.45) is 3.80. The molecular formula is C40H25N3. The first-order valence-electron chi connectivity index (χ1n) is 14.6. The second-order valence-corrected chi connectivity index (χ2v) is 11.0. The van der Waals surface area contributed by atoms with Crippen molar-refractivity contribution in [1.29, 1.82) is 0 Å². The lowest BCUT2D eigenvalue weighted by molar-refractivity contribution is 1.08. The fourth-order valence-electron chi connectivity index (χ4n) is 6.81. The number of nitrogens with zero attached hydrogens (tertiary/aromatic N) is 3. The summed E-state index contributed by atoms with van der Waals surface area (Å²) in [7, 11) is 0. The Morgan fingerprint density at radius 2 is 1.07 bits per heavy atom. The van der Waals surface area contributed by atoms with Crippen LogP contribution in [0.15, 0.2) is 152 Å². The molecule has 3 heteroatoms. The Balaban J connectivity index is 1.34. The van der Waals surface area contributed by atoms with E-state index in [4.69, 9.17) is 4.98 Å². The van der Waals surface area contributed by atoms with Crippen molar-refractivity contribution in [3.05, 3.63) is 152 Å². The number of fused-ring (bicyclic) bond motifs is 6. The molecule has 0 aliphatic heterocycles. The average molecular weight is 548 g/mol. The maximum atomic E-state index is 5.37. The number of aromatic nitrogens is 3. The van der Waals surface area contributed by atoms with Gasteiger partial charge in [-0.1, -0.05) is 109 Å². The number of hydrogen-bond donors (Lipinski definition) is 0. The van der Waals surface area contributed by atoms with Crippen LogP contribution in [-0.4, -0.2) is 14.5 Å². The van der Waals surface area contributed by atoms with Gasteiger partial charge in [-0.3, -0.25) is 9.55 Å². The minimum Gasteiger partial charge on any atom is -0.294 e. The number of benzene rings is 6. The molecule has 3 nitrogen and oxygen atoms in total. The Hall–Kier alpha value is -5.80. The molecule has 9 rings (SSSR count). The molecule has 0 radical (unpaired) electrons. The molecule has 9 aromatic rings. The summed E-state index contributed by atoms with van der Waals surface area (Å²) in [6.45, 7) is 0. The highest BCUT2D eigenvalue weighted by Gasteiger charge is 2.19. The molecule has 3 aromatic heterocycles. The normalized spacial score (nSPS) is 11.7. The first kappa shape index (κ1) is 23.9. The minimum atomic E-state index is 0.890. The molecule has 0 unspecified atom stereocenters. The second kappa shape index (κ2) is 9.37. The van der Waals surface area contributed by atoms with E-state index >= 15 is 0 Å². The number of hydrogen-bond acceptors (Lipinski definition) is 2. The Bertz CT molecular complexity index is 2410. The van der Waals surface area contributed by atoms with Gasteiger partial charge in [-0.15, -0.1) is 0 Å². The van der Waals surface area contributed by atoms with E-state index in [-0.39, 0.29) is 0 Å². The van der Waals surface area contributed by atoms with Gasteiger partial charge in [0.1, 0.15) is 5.82 Å². The molecule has 0 amide bonds. The van der Waals surface area contributed by atoms with Crippen molar-refractivity contribution in [1.82, 2.24) is 14.5 Å². The molecule has 0 fully saturated rings. The zero-order valence-corrected chi connectivity index (χ0v) is 23.3. The molecule has 0 saturated carbocycles. The zero-order chi connectivity index (χ0) is 28.3. The summed E-state index contributed by atoms with van der Waals surface area (Å²) >= 11 is 0. The summed E-state index contributed by atoms with van der Waals surface area (Å²) in [5.41, 5.74) is 6.80. The Labute approximate surface area is 248 Å². The van der Waals surface area contributed by atoms with Gasteiger partial charge in [-0.05, 0) is 73.8 Å². The van der Waals surface area contributed by atoms with Crippen LogP contribution in [0.25, 0.3) is 82.3 Å². The van der Waals surface area contributed by atoms with Gasteiger partial charge in [0.25, 0.3) is 0 Å². The molecule has 0 spiro atoms. The van der Waals surface area contributed by atoms with E-state index in [0.717, 1.165) is 33.5 Å². The van der Waals surface area contributed by atoms with Crippen molar-refractivity contribution in [2.24, 2.45) is 0 Å². The van der Waals surface area contributed by atoms with Crippen LogP contribution in [0.3, 0.4) is 0 Å². The molecule has 0 aliphatic carbocycles. The highest BCUT2D eigenvalue weighted by atomic mass is 15.1. The van der Waals surface area contributed by atoms with Gasteiger partial charge >= 0.3 is 0 Å². The molecule has 0 aliphatic rings. The lowest BCUT2D eigenvalue weighted by Crippen LogP contribution is -1.99. The third-order valence-electron chi connectivity index (χ3n) is 8.66. The van der Waals surface area contributed by atoms with Crippen molar-refractivity contribution < 1.29 is 0 Å². The predicted octanol–water partition coefficient (Wildman–Crippen LogP) is 10.4. The van der Waals surface area contributed by atoms with Gasteiger partial charge < -0.3 is 0 Å². The maximum absolute atomic E-state index is 5.37. The molecule has 0 atom stereocenters. The first-order valence-corrected chi connectivity index (χ1v) is 14.6. The van der Waals surface area contributed by atoms with E-state index in [1.54, 1.807) is 0 Å². The highest BCUT2D eigenvalue weighted by molar-refractivity contribution is 6.21. The maximum Gasteiger partial charge on any atom is 0.138 e. The van der Waals surface area contributed by atoms with E-state index in [2.05, 4.69) is 149 Å². The van der Waals surface area contributed by atoms with Crippen molar-refractivity contribution >= 4 is 54.1 Å². The van der Waals surface area contributed by atoms with E-state index in [1.807, 2.05) is 12.4 Å². The Morgan fingerprint density at radius 1 is 0.442 bits per heavy atom. The van der Waals surface area contributed by atoms with Crippen LogP contribution < -0.4 is 0 Å². The molecule has 0 saturated heterocycles. The van der Waals surface area contributed by atoms with Gasteiger partial charge in [0.2, 0.25) is 0 Å². The van der Waals surface area contributed by atoms with E-state index < -0.39 is 0 Å². The van der Waals surface area contributed by atoms with Crippen LogP contribution in [0.1, 0.15) is 0 Å². The lowest BCUT2D eigenvalue weighted by atomic mass is 9.87. The number of para-hydroxylation sites is 1. The summed E-state index contributed by atoms with van der Waals surface area (Å²) in [6, 6.07) is 49.8. The first-order chi connectivity index (χ1) is 21.3. The third-order valence-corrected chi connectivity index (χ3v) is 8.66. The zero-order valence-electron chi connectivity index (χ0n) is 23.3. The molecule has 0 N–H and O–H groups in total. The second-order valence-electron chi connectivity index (χ2n) is 11.0. The van der Waals surface area contributed by atoms with Gasteiger partial charge in [-0.25, -0.2) is 4.98 Å². The fourth-order valence-corrected chi connectivity index (χ4v) is 6.81. The van der Waals surface area contributed by atoms with Crippen LogP contribution in [0.2, 0.25) is 0 Å².